The zero-order valence-corrected chi connectivity index (χ0v) is 11.3. The van der Waals surface area contributed by atoms with Crippen LogP contribution in [0.1, 0.15) is 33.1 Å². The summed E-state index contributed by atoms with van der Waals surface area (Å²) in [5.41, 5.74) is 0. The second-order valence-corrected chi connectivity index (χ2v) is 5.67. The smallest absolute Gasteiger partial charge is 0.220 e. The summed E-state index contributed by atoms with van der Waals surface area (Å²) in [6.45, 7) is 6.93. The van der Waals surface area contributed by atoms with Gasteiger partial charge in [0.2, 0.25) is 5.91 Å². The van der Waals surface area contributed by atoms with Gasteiger partial charge in [0.1, 0.15) is 6.10 Å². The van der Waals surface area contributed by atoms with Gasteiger partial charge in [-0.2, -0.15) is 0 Å². The molecule has 2 unspecified atom stereocenters. The van der Waals surface area contributed by atoms with Gasteiger partial charge in [-0.15, -0.1) is 0 Å². The highest BCUT2D eigenvalue weighted by Crippen LogP contribution is 2.21. The van der Waals surface area contributed by atoms with Crippen molar-refractivity contribution in [1.29, 1.82) is 0 Å². The van der Waals surface area contributed by atoms with Gasteiger partial charge < -0.3 is 20.1 Å². The molecule has 18 heavy (non-hydrogen) atoms. The van der Waals surface area contributed by atoms with Crippen LogP contribution in [0.4, 0.5) is 0 Å². The Morgan fingerprint density at radius 3 is 2.94 bits per heavy atom. The maximum absolute atomic E-state index is 11.8. The lowest BCUT2D eigenvalue weighted by Crippen LogP contribution is -2.37. The lowest BCUT2D eigenvalue weighted by Gasteiger charge is -2.22. The van der Waals surface area contributed by atoms with Crippen molar-refractivity contribution in [2.45, 2.75) is 45.0 Å². The minimum atomic E-state index is -0.511. The third-order valence-electron chi connectivity index (χ3n) is 3.47. The van der Waals surface area contributed by atoms with Crippen molar-refractivity contribution in [3.05, 3.63) is 0 Å². The summed E-state index contributed by atoms with van der Waals surface area (Å²) >= 11 is 0. The van der Waals surface area contributed by atoms with Crippen LogP contribution in [0.15, 0.2) is 0 Å². The molecule has 1 amide bonds. The highest BCUT2D eigenvalue weighted by atomic mass is 16.7. The molecule has 2 N–H and O–H groups in total. The van der Waals surface area contributed by atoms with Gasteiger partial charge in [0.05, 0.1) is 6.61 Å². The van der Waals surface area contributed by atoms with Gasteiger partial charge in [0, 0.05) is 13.0 Å². The van der Waals surface area contributed by atoms with Gasteiger partial charge in [0.15, 0.2) is 5.79 Å². The number of amides is 1. The number of nitrogens with one attached hydrogen (secondary N) is 2. The Labute approximate surface area is 109 Å². The average molecular weight is 256 g/mol. The molecule has 2 aliphatic rings. The molecule has 0 spiro atoms. The monoisotopic (exact) mass is 256 g/mol. The number of ether oxygens (including phenoxy) is 2. The van der Waals surface area contributed by atoms with Crippen molar-refractivity contribution in [2.24, 2.45) is 5.92 Å². The van der Waals surface area contributed by atoms with Crippen molar-refractivity contribution in [2.75, 3.05) is 26.2 Å². The quantitative estimate of drug-likeness (QED) is 0.775. The molecular formula is C13H24N2O3. The average Bonchev–Trinajstić information content (AvgIpc) is 2.68. The van der Waals surface area contributed by atoms with Gasteiger partial charge in [-0.25, -0.2) is 0 Å². The van der Waals surface area contributed by atoms with E-state index in [0.717, 1.165) is 19.5 Å². The fourth-order valence-electron chi connectivity index (χ4n) is 2.52. The molecule has 5 nitrogen and oxygen atoms in total. The number of carbonyl (C=O) groups excluding carboxylic acids is 1. The molecule has 0 saturated carbocycles. The van der Waals surface area contributed by atoms with Crippen LogP contribution in [0.5, 0.6) is 0 Å². The van der Waals surface area contributed by atoms with Crippen molar-refractivity contribution in [3.8, 4) is 0 Å². The van der Waals surface area contributed by atoms with E-state index in [-0.39, 0.29) is 12.0 Å². The third-order valence-corrected chi connectivity index (χ3v) is 3.47. The zero-order valence-electron chi connectivity index (χ0n) is 11.3. The molecular weight excluding hydrogens is 232 g/mol. The fourth-order valence-corrected chi connectivity index (χ4v) is 2.52. The van der Waals surface area contributed by atoms with E-state index in [2.05, 4.69) is 10.6 Å². The van der Waals surface area contributed by atoms with E-state index in [1.165, 1.54) is 6.42 Å². The largest absolute Gasteiger partial charge is 0.353 e. The third kappa shape index (κ3) is 4.23. The van der Waals surface area contributed by atoms with Crippen LogP contribution in [0, 0.1) is 5.92 Å². The SMILES string of the molecule is CC1(C)OCC(CNC(=O)CC2CCCNC2)O1. The highest BCUT2D eigenvalue weighted by molar-refractivity contribution is 5.76. The van der Waals surface area contributed by atoms with Crippen LogP contribution >= 0.6 is 0 Å². The molecule has 2 rings (SSSR count). The molecule has 2 atom stereocenters. The maximum atomic E-state index is 11.8. The highest BCUT2D eigenvalue weighted by Gasteiger charge is 2.32. The molecule has 0 aromatic rings. The molecule has 0 bridgehead atoms. The Hall–Kier alpha value is -0.650. The Morgan fingerprint density at radius 2 is 2.33 bits per heavy atom. The van der Waals surface area contributed by atoms with E-state index >= 15 is 0 Å². The van der Waals surface area contributed by atoms with Gasteiger partial charge >= 0.3 is 0 Å². The molecule has 2 heterocycles. The summed E-state index contributed by atoms with van der Waals surface area (Å²) in [7, 11) is 0. The maximum Gasteiger partial charge on any atom is 0.220 e. The van der Waals surface area contributed by atoms with Gasteiger partial charge in [-0.1, -0.05) is 0 Å². The molecule has 2 fully saturated rings. The summed E-state index contributed by atoms with van der Waals surface area (Å²) < 4.78 is 11.1. The number of hydrogen-bond donors (Lipinski definition) is 2. The summed E-state index contributed by atoms with van der Waals surface area (Å²) in [5, 5.41) is 6.26. The standard InChI is InChI=1S/C13H24N2O3/c1-13(2)17-9-11(18-13)8-15-12(16)6-10-4-3-5-14-7-10/h10-11,14H,3-9H2,1-2H3,(H,15,16). The summed E-state index contributed by atoms with van der Waals surface area (Å²) in [4.78, 5) is 11.8. The number of rotatable bonds is 4. The minimum Gasteiger partial charge on any atom is -0.353 e. The zero-order chi connectivity index (χ0) is 13.0. The van der Waals surface area contributed by atoms with Gasteiger partial charge in [0.25, 0.3) is 0 Å². The normalized spacial score (nSPS) is 31.2. The van der Waals surface area contributed by atoms with Crippen molar-refractivity contribution >= 4 is 5.91 Å². The topological polar surface area (TPSA) is 59.6 Å². The van der Waals surface area contributed by atoms with Crippen LogP contribution in [0.2, 0.25) is 0 Å². The Kier molecular flexibility index (Phi) is 4.59. The molecule has 0 aromatic carbocycles. The van der Waals surface area contributed by atoms with E-state index in [0.29, 0.717) is 25.5 Å². The van der Waals surface area contributed by atoms with E-state index in [9.17, 15) is 4.79 Å². The molecule has 0 aromatic heterocycles. The van der Waals surface area contributed by atoms with Crippen molar-refractivity contribution < 1.29 is 14.3 Å². The van der Waals surface area contributed by atoms with Gasteiger partial charge in [-0.05, 0) is 45.7 Å². The van der Waals surface area contributed by atoms with Crippen LogP contribution in [-0.2, 0) is 14.3 Å². The molecule has 104 valence electrons. The minimum absolute atomic E-state index is 0.0200. The second-order valence-electron chi connectivity index (χ2n) is 5.67. The molecule has 5 heteroatoms. The van der Waals surface area contributed by atoms with E-state index in [4.69, 9.17) is 9.47 Å². The van der Waals surface area contributed by atoms with Gasteiger partial charge in [-0.3, -0.25) is 4.79 Å². The van der Waals surface area contributed by atoms with Crippen LogP contribution in [-0.4, -0.2) is 44.0 Å². The number of carbonyl (C=O) groups is 1. The molecule has 2 saturated heterocycles. The molecule has 0 radical (unpaired) electrons. The summed E-state index contributed by atoms with van der Waals surface area (Å²) in [6, 6.07) is 0. The van der Waals surface area contributed by atoms with E-state index < -0.39 is 5.79 Å². The molecule has 0 aliphatic carbocycles. The first-order valence-electron chi connectivity index (χ1n) is 6.84. The van der Waals surface area contributed by atoms with E-state index in [1.807, 2.05) is 13.8 Å². The molecule has 2 aliphatic heterocycles. The Balaban J connectivity index is 1.63. The lowest BCUT2D eigenvalue weighted by atomic mass is 9.96. The van der Waals surface area contributed by atoms with Crippen LogP contribution < -0.4 is 10.6 Å². The van der Waals surface area contributed by atoms with E-state index in [1.54, 1.807) is 0 Å². The lowest BCUT2D eigenvalue weighted by molar-refractivity contribution is -0.139. The number of hydrogen-bond acceptors (Lipinski definition) is 4. The Morgan fingerprint density at radius 1 is 1.50 bits per heavy atom. The predicted molar refractivity (Wildman–Crippen MR) is 68.1 cm³/mol. The van der Waals surface area contributed by atoms with Crippen LogP contribution in [0.3, 0.4) is 0 Å². The predicted octanol–water partition coefficient (Wildman–Crippen LogP) is 0.644. The summed E-state index contributed by atoms with van der Waals surface area (Å²) in [6.07, 6.45) is 2.92. The second kappa shape index (κ2) is 5.99. The Bertz CT molecular complexity index is 288. The first-order valence-corrected chi connectivity index (χ1v) is 6.84. The number of piperidine rings is 1. The van der Waals surface area contributed by atoms with Crippen molar-refractivity contribution in [1.82, 2.24) is 10.6 Å². The fraction of sp³-hybridized carbons (Fsp3) is 0.923. The first kappa shape index (κ1) is 13.8. The summed E-state index contributed by atoms with van der Waals surface area (Å²) in [5.74, 6) is 0.0934. The van der Waals surface area contributed by atoms with Crippen molar-refractivity contribution in [3.63, 3.8) is 0 Å². The van der Waals surface area contributed by atoms with Crippen LogP contribution in [0.25, 0.3) is 0 Å². The first-order chi connectivity index (χ1) is 8.55.